The molecule has 0 spiro atoms. The van der Waals surface area contributed by atoms with Crippen LogP contribution in [0.3, 0.4) is 0 Å². The molecular weight excluding hydrogens is 392 g/mol. The molecule has 0 radical (unpaired) electrons. The number of amides is 3. The Morgan fingerprint density at radius 2 is 1.94 bits per heavy atom. The highest BCUT2D eigenvalue weighted by molar-refractivity contribution is 6.28. The van der Waals surface area contributed by atoms with Gasteiger partial charge in [-0.25, -0.2) is 0 Å². The van der Waals surface area contributed by atoms with Crippen molar-refractivity contribution in [3.63, 3.8) is 0 Å². The number of likely N-dealkylation sites (N-methyl/N-ethyl adjacent to an activating group) is 2. The van der Waals surface area contributed by atoms with Gasteiger partial charge in [0.1, 0.15) is 6.04 Å². The van der Waals surface area contributed by atoms with Gasteiger partial charge in [-0.15, -0.1) is 0 Å². The van der Waals surface area contributed by atoms with Crippen LogP contribution < -0.4 is 15.1 Å². The summed E-state index contributed by atoms with van der Waals surface area (Å²) in [5, 5.41) is 4.31. The molecule has 2 unspecified atom stereocenters. The number of rotatable bonds is 4. The highest BCUT2D eigenvalue weighted by Crippen LogP contribution is 2.43. The number of nitrogens with zero attached hydrogens (tertiary/aromatic N) is 3. The topological polar surface area (TPSA) is 73.0 Å². The molecule has 1 N–H and O–H groups in total. The number of anilines is 2. The second kappa shape index (κ2) is 7.64. The van der Waals surface area contributed by atoms with E-state index in [9.17, 15) is 14.4 Å². The van der Waals surface area contributed by atoms with Crippen LogP contribution in [0.1, 0.15) is 42.5 Å². The van der Waals surface area contributed by atoms with Crippen LogP contribution in [0.2, 0.25) is 0 Å². The monoisotopic (exact) mass is 420 g/mol. The number of carbonyl (C=O) groups is 3. The number of hydrogen-bond donors (Lipinski definition) is 1. The van der Waals surface area contributed by atoms with Crippen molar-refractivity contribution in [3.8, 4) is 0 Å². The van der Waals surface area contributed by atoms with Crippen molar-refractivity contribution in [2.45, 2.75) is 44.2 Å². The van der Waals surface area contributed by atoms with Gasteiger partial charge in [0.15, 0.2) is 0 Å². The summed E-state index contributed by atoms with van der Waals surface area (Å²) in [6, 6.07) is 9.68. The van der Waals surface area contributed by atoms with Crippen LogP contribution >= 0.6 is 0 Å². The van der Waals surface area contributed by atoms with Crippen molar-refractivity contribution >= 4 is 39.9 Å². The summed E-state index contributed by atoms with van der Waals surface area (Å²) >= 11 is 0. The molecule has 0 saturated carbocycles. The number of nitrogens with one attached hydrogen (secondary N) is 1. The van der Waals surface area contributed by atoms with Crippen LogP contribution in [0.15, 0.2) is 30.3 Å². The van der Waals surface area contributed by atoms with Crippen molar-refractivity contribution in [3.05, 3.63) is 35.9 Å². The highest BCUT2D eigenvalue weighted by Gasteiger charge is 2.41. The van der Waals surface area contributed by atoms with Crippen molar-refractivity contribution in [1.29, 1.82) is 0 Å². The van der Waals surface area contributed by atoms with E-state index in [1.807, 2.05) is 24.3 Å². The predicted octanol–water partition coefficient (Wildman–Crippen LogP) is 2.53. The smallest absolute Gasteiger partial charge is 0.259 e. The zero-order chi connectivity index (χ0) is 21.7. The molecular formula is C24H28N4O3. The molecule has 0 aliphatic carbocycles. The maximum Gasteiger partial charge on any atom is 0.259 e. The summed E-state index contributed by atoms with van der Waals surface area (Å²) in [5.41, 5.74) is 2.48. The van der Waals surface area contributed by atoms with Crippen molar-refractivity contribution < 1.29 is 14.4 Å². The highest BCUT2D eigenvalue weighted by atomic mass is 16.2. The van der Waals surface area contributed by atoms with Gasteiger partial charge in [-0.1, -0.05) is 18.6 Å². The maximum atomic E-state index is 13.3. The summed E-state index contributed by atoms with van der Waals surface area (Å²) in [6.45, 7) is 2.07. The first-order valence-electron chi connectivity index (χ1n) is 11.1. The summed E-state index contributed by atoms with van der Waals surface area (Å²) in [7, 11) is 4.31. The standard InChI is InChI=1S/C24H28N4O3/c1-26-13-4-3-6-15(26)14-27(2)18-10-9-17-22-16(18)7-5-8-19(22)28(24(17)31)20-11-12-21(29)25-23(20)30/h5,7-10,15,20H,3-4,6,11-14H2,1-2H3,(H,25,29,30). The molecule has 3 aliphatic rings. The van der Waals surface area contributed by atoms with E-state index in [2.05, 4.69) is 35.3 Å². The Morgan fingerprint density at radius 1 is 1.10 bits per heavy atom. The van der Waals surface area contributed by atoms with E-state index in [4.69, 9.17) is 0 Å². The van der Waals surface area contributed by atoms with Gasteiger partial charge in [0.25, 0.3) is 5.91 Å². The zero-order valence-electron chi connectivity index (χ0n) is 18.1. The van der Waals surface area contributed by atoms with Gasteiger partial charge in [-0.2, -0.15) is 0 Å². The Kier molecular flexibility index (Phi) is 4.93. The molecule has 3 heterocycles. The summed E-state index contributed by atoms with van der Waals surface area (Å²) < 4.78 is 0. The Bertz CT molecular complexity index is 1080. The molecule has 162 valence electrons. The fourth-order valence-corrected chi connectivity index (χ4v) is 5.35. The van der Waals surface area contributed by atoms with Crippen molar-refractivity contribution in [2.24, 2.45) is 0 Å². The predicted molar refractivity (Wildman–Crippen MR) is 120 cm³/mol. The lowest BCUT2D eigenvalue weighted by atomic mass is 10.0. The molecule has 2 atom stereocenters. The fourth-order valence-electron chi connectivity index (χ4n) is 5.35. The van der Waals surface area contributed by atoms with E-state index in [0.29, 0.717) is 18.0 Å². The first kappa shape index (κ1) is 20.0. The largest absolute Gasteiger partial charge is 0.373 e. The van der Waals surface area contributed by atoms with Crippen molar-refractivity contribution in [2.75, 3.05) is 37.0 Å². The van der Waals surface area contributed by atoms with E-state index in [0.717, 1.165) is 35.2 Å². The third-order valence-corrected chi connectivity index (χ3v) is 7.04. The molecule has 7 heteroatoms. The SMILES string of the molecule is CN(CC1CCCCN1C)c1ccc2c3c(cccc13)N(C1CCC(=O)NC1=O)C2=O. The number of benzene rings is 2. The lowest BCUT2D eigenvalue weighted by Crippen LogP contribution is -2.53. The average Bonchev–Trinajstić information content (AvgIpc) is 3.03. The normalized spacial score (nSPS) is 24.1. The van der Waals surface area contributed by atoms with E-state index in [-0.39, 0.29) is 18.2 Å². The van der Waals surface area contributed by atoms with Crippen LogP contribution in [-0.4, -0.2) is 61.9 Å². The Hall–Kier alpha value is -2.93. The number of piperidine rings is 2. The lowest BCUT2D eigenvalue weighted by Gasteiger charge is -2.36. The molecule has 7 nitrogen and oxygen atoms in total. The van der Waals surface area contributed by atoms with Crippen LogP contribution in [-0.2, 0) is 9.59 Å². The van der Waals surface area contributed by atoms with Gasteiger partial charge in [-0.3, -0.25) is 24.6 Å². The first-order chi connectivity index (χ1) is 15.0. The molecule has 3 aliphatic heterocycles. The Morgan fingerprint density at radius 3 is 2.71 bits per heavy atom. The van der Waals surface area contributed by atoms with Gasteiger partial charge < -0.3 is 9.80 Å². The summed E-state index contributed by atoms with van der Waals surface area (Å²) in [6.07, 6.45) is 4.32. The zero-order valence-corrected chi connectivity index (χ0v) is 18.1. The van der Waals surface area contributed by atoms with E-state index < -0.39 is 11.9 Å². The average molecular weight is 421 g/mol. The second-order valence-corrected chi connectivity index (χ2v) is 8.98. The number of likely N-dealkylation sites (tertiary alicyclic amines) is 1. The number of carbonyl (C=O) groups excluding carboxylic acids is 3. The quantitative estimate of drug-likeness (QED) is 0.770. The van der Waals surface area contributed by atoms with Gasteiger partial charge in [0.2, 0.25) is 11.8 Å². The lowest BCUT2D eigenvalue weighted by molar-refractivity contribution is -0.134. The van der Waals surface area contributed by atoms with Crippen LogP contribution in [0, 0.1) is 0 Å². The maximum absolute atomic E-state index is 13.3. The van der Waals surface area contributed by atoms with Crippen LogP contribution in [0.25, 0.3) is 10.8 Å². The van der Waals surface area contributed by atoms with Crippen LogP contribution in [0.5, 0.6) is 0 Å². The molecule has 2 aromatic carbocycles. The van der Waals surface area contributed by atoms with Crippen molar-refractivity contribution in [1.82, 2.24) is 10.2 Å². The third kappa shape index (κ3) is 3.28. The molecule has 2 saturated heterocycles. The molecule has 31 heavy (non-hydrogen) atoms. The number of imide groups is 1. The van der Waals surface area contributed by atoms with Gasteiger partial charge in [-0.05, 0) is 51.1 Å². The molecule has 0 aromatic heterocycles. The first-order valence-corrected chi connectivity index (χ1v) is 11.1. The Balaban J connectivity index is 1.51. The fraction of sp³-hybridized carbons (Fsp3) is 0.458. The minimum absolute atomic E-state index is 0.165. The third-order valence-electron chi connectivity index (χ3n) is 7.04. The minimum atomic E-state index is -0.653. The molecule has 3 amide bonds. The van der Waals surface area contributed by atoms with E-state index in [1.165, 1.54) is 19.3 Å². The van der Waals surface area contributed by atoms with Gasteiger partial charge in [0, 0.05) is 42.5 Å². The molecule has 0 bridgehead atoms. The van der Waals surface area contributed by atoms with E-state index >= 15 is 0 Å². The summed E-state index contributed by atoms with van der Waals surface area (Å²) in [5.74, 6) is -0.839. The van der Waals surface area contributed by atoms with Gasteiger partial charge in [0.05, 0.1) is 11.3 Å². The minimum Gasteiger partial charge on any atom is -0.373 e. The number of hydrogen-bond acceptors (Lipinski definition) is 5. The molecule has 2 fully saturated rings. The van der Waals surface area contributed by atoms with Crippen LogP contribution in [0.4, 0.5) is 11.4 Å². The van der Waals surface area contributed by atoms with Gasteiger partial charge >= 0.3 is 0 Å². The second-order valence-electron chi connectivity index (χ2n) is 8.98. The summed E-state index contributed by atoms with van der Waals surface area (Å²) in [4.78, 5) is 43.7. The molecule has 2 aromatic rings. The molecule has 5 rings (SSSR count). The Labute approximate surface area is 182 Å². The van der Waals surface area contributed by atoms with E-state index in [1.54, 1.807) is 4.90 Å².